The third-order valence-corrected chi connectivity index (χ3v) is 2.95. The van der Waals surface area contributed by atoms with Gasteiger partial charge in [0.25, 0.3) is 0 Å². The van der Waals surface area contributed by atoms with Crippen LogP contribution >= 0.6 is 0 Å². The topological polar surface area (TPSA) is 58.3 Å². The maximum absolute atomic E-state index is 10.0. The summed E-state index contributed by atoms with van der Waals surface area (Å²) < 4.78 is 5.45. The van der Waals surface area contributed by atoms with Crippen molar-refractivity contribution in [2.75, 3.05) is 6.54 Å². The fourth-order valence-electron chi connectivity index (χ4n) is 1.22. The van der Waals surface area contributed by atoms with Crippen LogP contribution in [0.2, 0.25) is 0 Å². The number of nitrogens with one attached hydrogen (secondary N) is 1. The van der Waals surface area contributed by atoms with Gasteiger partial charge in [-0.05, 0) is 12.8 Å². The Bertz CT molecular complexity index is 319. The van der Waals surface area contributed by atoms with Crippen LogP contribution in [0.25, 0.3) is 0 Å². The summed E-state index contributed by atoms with van der Waals surface area (Å²) in [5.74, 6) is 1.79. The smallest absolute Gasteiger partial charge is 0.208 e. The number of oxazole rings is 1. The van der Waals surface area contributed by atoms with Crippen molar-refractivity contribution in [3.05, 3.63) is 17.8 Å². The fraction of sp³-hybridized carbons (Fsp3) is 0.750. The van der Waals surface area contributed by atoms with Gasteiger partial charge in [-0.3, -0.25) is 0 Å². The normalized spacial score (nSPS) is 15.4. The monoisotopic (exact) mass is 226 g/mol. The van der Waals surface area contributed by atoms with E-state index in [1.807, 2.05) is 27.7 Å². The maximum Gasteiger partial charge on any atom is 0.208 e. The first kappa shape index (κ1) is 13.2. The molecule has 0 aromatic carbocycles. The third kappa shape index (κ3) is 3.61. The van der Waals surface area contributed by atoms with E-state index in [2.05, 4.69) is 10.3 Å². The molecule has 0 bridgehead atoms. The maximum atomic E-state index is 10.0. The molecule has 1 heterocycles. The van der Waals surface area contributed by atoms with Crippen molar-refractivity contribution in [2.24, 2.45) is 5.92 Å². The molecule has 4 nitrogen and oxygen atoms in total. The van der Waals surface area contributed by atoms with Gasteiger partial charge in [0.2, 0.25) is 5.89 Å². The Morgan fingerprint density at radius 1 is 1.56 bits per heavy atom. The number of hydrogen-bond acceptors (Lipinski definition) is 4. The van der Waals surface area contributed by atoms with E-state index >= 15 is 0 Å². The highest BCUT2D eigenvalue weighted by Gasteiger charge is 2.24. The van der Waals surface area contributed by atoms with Crippen molar-refractivity contribution in [1.82, 2.24) is 10.3 Å². The molecule has 92 valence electrons. The molecule has 2 N–H and O–H groups in total. The number of rotatable bonds is 6. The molecule has 1 aromatic rings. The summed E-state index contributed by atoms with van der Waals surface area (Å²) in [5, 5.41) is 13.2. The van der Waals surface area contributed by atoms with Crippen molar-refractivity contribution in [2.45, 2.75) is 46.3 Å². The molecule has 1 rings (SSSR count). The average Bonchev–Trinajstić information content (AvgIpc) is 2.65. The zero-order valence-corrected chi connectivity index (χ0v) is 10.6. The van der Waals surface area contributed by atoms with E-state index in [1.54, 1.807) is 6.20 Å². The molecule has 0 saturated carbocycles. The summed E-state index contributed by atoms with van der Waals surface area (Å²) >= 11 is 0. The van der Waals surface area contributed by atoms with Crippen LogP contribution in [0.3, 0.4) is 0 Å². The number of aryl methyl sites for hydroxylation is 1. The van der Waals surface area contributed by atoms with E-state index in [0.717, 1.165) is 12.2 Å². The Morgan fingerprint density at radius 3 is 2.75 bits per heavy atom. The molecule has 0 amide bonds. The minimum atomic E-state index is -0.694. The van der Waals surface area contributed by atoms with Crippen molar-refractivity contribution >= 4 is 0 Å². The Labute approximate surface area is 97.1 Å². The molecule has 0 fully saturated rings. The molecule has 1 aromatic heterocycles. The van der Waals surface area contributed by atoms with Gasteiger partial charge in [0.05, 0.1) is 18.3 Å². The van der Waals surface area contributed by atoms with Gasteiger partial charge in [0, 0.05) is 13.0 Å². The molecule has 0 aliphatic rings. The Hall–Kier alpha value is -0.870. The Balaban J connectivity index is 2.35. The molecule has 16 heavy (non-hydrogen) atoms. The average molecular weight is 226 g/mol. The molecule has 4 heteroatoms. The molecule has 0 aliphatic carbocycles. The molecule has 1 unspecified atom stereocenters. The highest BCUT2D eigenvalue weighted by Crippen LogP contribution is 2.14. The predicted molar refractivity (Wildman–Crippen MR) is 63.0 cm³/mol. The van der Waals surface area contributed by atoms with Crippen LogP contribution in [0.4, 0.5) is 0 Å². The third-order valence-electron chi connectivity index (χ3n) is 2.95. The second kappa shape index (κ2) is 5.46. The molecule has 0 spiro atoms. The molecular weight excluding hydrogens is 204 g/mol. The summed E-state index contributed by atoms with van der Waals surface area (Å²) in [4.78, 5) is 4.14. The highest BCUT2D eigenvalue weighted by atomic mass is 16.4. The zero-order valence-electron chi connectivity index (χ0n) is 10.6. The lowest BCUT2D eigenvalue weighted by atomic mass is 9.93. The predicted octanol–water partition coefficient (Wildman–Crippen LogP) is 1.73. The van der Waals surface area contributed by atoms with Crippen LogP contribution in [-0.2, 0) is 13.0 Å². The first-order valence-corrected chi connectivity index (χ1v) is 5.82. The summed E-state index contributed by atoms with van der Waals surface area (Å²) in [7, 11) is 0. The van der Waals surface area contributed by atoms with Gasteiger partial charge in [-0.1, -0.05) is 20.8 Å². The minimum Gasteiger partial charge on any atom is -0.444 e. The van der Waals surface area contributed by atoms with Crippen LogP contribution in [0.5, 0.6) is 0 Å². The van der Waals surface area contributed by atoms with Crippen molar-refractivity contribution in [3.8, 4) is 0 Å². The molecular formula is C12H22N2O2. The summed E-state index contributed by atoms with van der Waals surface area (Å²) in [5.41, 5.74) is -0.694. The van der Waals surface area contributed by atoms with Gasteiger partial charge in [-0.25, -0.2) is 4.98 Å². The van der Waals surface area contributed by atoms with Crippen LogP contribution in [-0.4, -0.2) is 22.2 Å². The van der Waals surface area contributed by atoms with Crippen LogP contribution in [0, 0.1) is 5.92 Å². The van der Waals surface area contributed by atoms with Crippen molar-refractivity contribution < 1.29 is 9.52 Å². The minimum absolute atomic E-state index is 0.218. The lowest BCUT2D eigenvalue weighted by molar-refractivity contribution is 0.0135. The molecule has 1 atom stereocenters. The van der Waals surface area contributed by atoms with E-state index in [0.29, 0.717) is 19.0 Å². The van der Waals surface area contributed by atoms with Gasteiger partial charge < -0.3 is 14.8 Å². The van der Waals surface area contributed by atoms with E-state index in [1.165, 1.54) is 0 Å². The first-order chi connectivity index (χ1) is 7.45. The number of aromatic nitrogens is 1. The molecule has 0 saturated heterocycles. The summed E-state index contributed by atoms with van der Waals surface area (Å²) in [6.45, 7) is 8.96. The van der Waals surface area contributed by atoms with Gasteiger partial charge in [0.15, 0.2) is 0 Å². The second-order valence-electron chi connectivity index (χ2n) is 4.69. The quantitative estimate of drug-likeness (QED) is 0.775. The SMILES string of the molecule is CCc1cnc(CNCC(C)(O)C(C)C)o1. The lowest BCUT2D eigenvalue weighted by Crippen LogP contribution is -2.41. The van der Waals surface area contributed by atoms with Gasteiger partial charge >= 0.3 is 0 Å². The lowest BCUT2D eigenvalue weighted by Gasteiger charge is -2.27. The van der Waals surface area contributed by atoms with Crippen molar-refractivity contribution in [1.29, 1.82) is 0 Å². The highest BCUT2D eigenvalue weighted by molar-refractivity contribution is 4.93. The number of aliphatic hydroxyl groups is 1. The van der Waals surface area contributed by atoms with Gasteiger partial charge in [-0.2, -0.15) is 0 Å². The van der Waals surface area contributed by atoms with E-state index in [9.17, 15) is 5.11 Å². The standard InChI is InChI=1S/C12H22N2O2/c1-5-10-6-14-11(16-10)7-13-8-12(4,15)9(2)3/h6,9,13,15H,5,7-8H2,1-4H3. The fourth-order valence-corrected chi connectivity index (χ4v) is 1.22. The largest absolute Gasteiger partial charge is 0.444 e. The molecule has 0 aliphatic heterocycles. The van der Waals surface area contributed by atoms with E-state index < -0.39 is 5.60 Å². The first-order valence-electron chi connectivity index (χ1n) is 5.82. The zero-order chi connectivity index (χ0) is 12.2. The number of hydrogen-bond donors (Lipinski definition) is 2. The van der Waals surface area contributed by atoms with Crippen LogP contribution in [0.1, 0.15) is 39.3 Å². The Kier molecular flexibility index (Phi) is 4.50. The van der Waals surface area contributed by atoms with Gasteiger partial charge in [0.1, 0.15) is 5.76 Å². The van der Waals surface area contributed by atoms with Crippen LogP contribution in [0.15, 0.2) is 10.6 Å². The van der Waals surface area contributed by atoms with Crippen LogP contribution < -0.4 is 5.32 Å². The number of nitrogens with zero attached hydrogens (tertiary/aromatic N) is 1. The van der Waals surface area contributed by atoms with Crippen molar-refractivity contribution in [3.63, 3.8) is 0 Å². The molecule has 0 radical (unpaired) electrons. The van der Waals surface area contributed by atoms with E-state index in [4.69, 9.17) is 4.42 Å². The van der Waals surface area contributed by atoms with E-state index in [-0.39, 0.29) is 5.92 Å². The Morgan fingerprint density at radius 2 is 2.25 bits per heavy atom. The summed E-state index contributed by atoms with van der Waals surface area (Å²) in [6, 6.07) is 0. The summed E-state index contributed by atoms with van der Waals surface area (Å²) in [6.07, 6.45) is 2.61. The van der Waals surface area contributed by atoms with Gasteiger partial charge in [-0.15, -0.1) is 0 Å². The second-order valence-corrected chi connectivity index (χ2v) is 4.69.